The van der Waals surface area contributed by atoms with Gasteiger partial charge in [0.1, 0.15) is 0 Å². The Bertz CT molecular complexity index is 516. The number of esters is 1. The van der Waals surface area contributed by atoms with Crippen LogP contribution >= 0.6 is 0 Å². The molecular formula is C11H8FNO4. The topological polar surface area (TPSA) is 69.4 Å². The van der Waals surface area contributed by atoms with Crippen LogP contribution in [0.2, 0.25) is 0 Å². The summed E-state index contributed by atoms with van der Waals surface area (Å²) in [5.74, 6) is 2.80. The van der Waals surface area contributed by atoms with Gasteiger partial charge >= 0.3 is 11.7 Å². The van der Waals surface area contributed by atoms with Gasteiger partial charge in [0.2, 0.25) is 5.82 Å². The van der Waals surface area contributed by atoms with Gasteiger partial charge in [-0.1, -0.05) is 5.92 Å². The van der Waals surface area contributed by atoms with E-state index in [1.807, 2.05) is 0 Å². The molecular weight excluding hydrogens is 229 g/mol. The van der Waals surface area contributed by atoms with E-state index in [4.69, 9.17) is 0 Å². The summed E-state index contributed by atoms with van der Waals surface area (Å²) in [6, 6.07) is 3.13. The Hall–Kier alpha value is -2.42. The Labute approximate surface area is 96.3 Å². The van der Waals surface area contributed by atoms with Gasteiger partial charge in [-0.15, -0.1) is 0 Å². The van der Waals surface area contributed by atoms with E-state index >= 15 is 0 Å². The van der Waals surface area contributed by atoms with E-state index in [2.05, 4.69) is 16.6 Å². The zero-order valence-corrected chi connectivity index (χ0v) is 8.90. The number of halogens is 1. The first-order valence-electron chi connectivity index (χ1n) is 4.67. The lowest BCUT2D eigenvalue weighted by atomic mass is 10.2. The second-order valence-corrected chi connectivity index (χ2v) is 2.89. The van der Waals surface area contributed by atoms with Crippen LogP contribution in [-0.2, 0) is 9.53 Å². The normalized spacial score (nSPS) is 9.06. The molecule has 0 spiro atoms. The maximum atomic E-state index is 13.0. The molecule has 0 aliphatic rings. The van der Waals surface area contributed by atoms with E-state index in [0.29, 0.717) is 0 Å². The van der Waals surface area contributed by atoms with Crippen LogP contribution in [0.5, 0.6) is 0 Å². The lowest BCUT2D eigenvalue weighted by Crippen LogP contribution is -1.99. The fraction of sp³-hybridized carbons (Fsp3) is 0.182. The molecule has 0 aliphatic carbocycles. The number of carbonyl (C=O) groups is 1. The Morgan fingerprint density at radius 3 is 2.88 bits per heavy atom. The number of nitro groups is 1. The van der Waals surface area contributed by atoms with Crippen molar-refractivity contribution >= 4 is 11.7 Å². The number of ether oxygens (including phenoxy) is 1. The third-order valence-corrected chi connectivity index (χ3v) is 1.73. The van der Waals surface area contributed by atoms with Gasteiger partial charge in [-0.3, -0.25) is 10.1 Å². The molecule has 1 aromatic rings. The molecule has 5 nitrogen and oxygen atoms in total. The third kappa shape index (κ3) is 3.57. The molecule has 0 heterocycles. The van der Waals surface area contributed by atoms with Crippen molar-refractivity contribution in [1.29, 1.82) is 0 Å². The highest BCUT2D eigenvalue weighted by molar-refractivity contribution is 5.89. The molecule has 0 atom stereocenters. The molecule has 0 bridgehead atoms. The van der Waals surface area contributed by atoms with Crippen LogP contribution in [0.1, 0.15) is 12.5 Å². The van der Waals surface area contributed by atoms with Crippen LogP contribution in [0.15, 0.2) is 18.2 Å². The van der Waals surface area contributed by atoms with E-state index in [9.17, 15) is 19.3 Å². The maximum absolute atomic E-state index is 13.0. The Morgan fingerprint density at radius 2 is 2.29 bits per heavy atom. The van der Waals surface area contributed by atoms with Gasteiger partial charge in [0.25, 0.3) is 0 Å². The second-order valence-electron chi connectivity index (χ2n) is 2.89. The highest BCUT2D eigenvalue weighted by atomic mass is 19.1. The Balaban J connectivity index is 2.97. The molecule has 0 radical (unpaired) electrons. The van der Waals surface area contributed by atoms with E-state index in [0.717, 1.165) is 12.1 Å². The number of nitrogens with zero attached hydrogens (tertiary/aromatic N) is 1. The number of nitro benzene ring substituents is 1. The molecule has 1 rings (SSSR count). The zero-order valence-electron chi connectivity index (χ0n) is 8.90. The maximum Gasteiger partial charge on any atom is 0.384 e. The van der Waals surface area contributed by atoms with Crippen LogP contribution in [0, 0.1) is 27.8 Å². The molecule has 0 aliphatic heterocycles. The quantitative estimate of drug-likeness (QED) is 0.339. The van der Waals surface area contributed by atoms with Crippen LogP contribution in [-0.4, -0.2) is 17.5 Å². The minimum Gasteiger partial charge on any atom is -0.456 e. The lowest BCUT2D eigenvalue weighted by Gasteiger charge is -1.94. The predicted octanol–water partition coefficient (Wildman–Crippen LogP) is 1.65. The smallest absolute Gasteiger partial charge is 0.384 e. The lowest BCUT2D eigenvalue weighted by molar-refractivity contribution is -0.387. The molecule has 0 saturated heterocycles. The first-order chi connectivity index (χ1) is 8.04. The zero-order chi connectivity index (χ0) is 12.8. The minimum absolute atomic E-state index is 0.172. The van der Waals surface area contributed by atoms with Crippen LogP contribution < -0.4 is 0 Å². The Morgan fingerprint density at radius 1 is 1.59 bits per heavy atom. The van der Waals surface area contributed by atoms with Crippen LogP contribution in [0.25, 0.3) is 0 Å². The largest absolute Gasteiger partial charge is 0.456 e. The van der Waals surface area contributed by atoms with Gasteiger partial charge in [0.05, 0.1) is 11.5 Å². The Kier molecular flexibility index (Phi) is 4.17. The van der Waals surface area contributed by atoms with Crippen molar-refractivity contribution in [3.05, 3.63) is 39.7 Å². The average Bonchev–Trinajstić information content (AvgIpc) is 2.28. The highest BCUT2D eigenvalue weighted by Gasteiger charge is 2.13. The number of hydrogen-bond acceptors (Lipinski definition) is 4. The van der Waals surface area contributed by atoms with Crippen LogP contribution in [0.3, 0.4) is 0 Å². The summed E-state index contributed by atoms with van der Waals surface area (Å²) in [6.07, 6.45) is 0. The average molecular weight is 237 g/mol. The van der Waals surface area contributed by atoms with Crippen molar-refractivity contribution in [3.8, 4) is 11.8 Å². The summed E-state index contributed by atoms with van der Waals surface area (Å²) in [7, 11) is 0. The second kappa shape index (κ2) is 5.61. The standard InChI is InChI=1S/C11H8FNO4/c1-2-17-11(14)6-4-8-3-5-9(12)10(7-8)13(15)16/h3,5,7H,2H2,1H3. The van der Waals surface area contributed by atoms with E-state index < -0.39 is 22.4 Å². The SMILES string of the molecule is CCOC(=O)C#Cc1ccc(F)c([N+](=O)[O-])c1. The van der Waals surface area contributed by atoms with E-state index in [1.54, 1.807) is 6.92 Å². The summed E-state index contributed by atoms with van der Waals surface area (Å²) < 4.78 is 17.5. The number of rotatable bonds is 2. The number of carbonyl (C=O) groups excluding carboxylic acids is 1. The summed E-state index contributed by atoms with van der Waals surface area (Å²) in [6.45, 7) is 1.82. The summed E-state index contributed by atoms with van der Waals surface area (Å²) >= 11 is 0. The first kappa shape index (κ1) is 12.6. The first-order valence-corrected chi connectivity index (χ1v) is 4.67. The molecule has 0 aromatic heterocycles. The fourth-order valence-corrected chi connectivity index (χ4v) is 1.02. The van der Waals surface area contributed by atoms with Crippen LogP contribution in [0.4, 0.5) is 10.1 Å². The molecule has 17 heavy (non-hydrogen) atoms. The van der Waals surface area contributed by atoms with Crippen molar-refractivity contribution in [2.45, 2.75) is 6.92 Å². The molecule has 0 unspecified atom stereocenters. The summed E-state index contributed by atoms with van der Waals surface area (Å²) in [5, 5.41) is 10.4. The molecule has 0 amide bonds. The van der Waals surface area contributed by atoms with Crippen molar-refractivity contribution in [2.24, 2.45) is 0 Å². The fourth-order valence-electron chi connectivity index (χ4n) is 1.02. The van der Waals surface area contributed by atoms with Gasteiger partial charge in [-0.05, 0) is 19.1 Å². The molecule has 0 N–H and O–H groups in total. The highest BCUT2D eigenvalue weighted by Crippen LogP contribution is 2.17. The molecule has 1 aromatic carbocycles. The van der Waals surface area contributed by atoms with Crippen molar-refractivity contribution in [1.82, 2.24) is 0 Å². The van der Waals surface area contributed by atoms with E-state index in [1.165, 1.54) is 6.07 Å². The third-order valence-electron chi connectivity index (χ3n) is 1.73. The summed E-state index contributed by atoms with van der Waals surface area (Å²) in [5.41, 5.74) is -0.508. The van der Waals surface area contributed by atoms with Crippen molar-refractivity contribution in [3.63, 3.8) is 0 Å². The predicted molar refractivity (Wildman–Crippen MR) is 56.6 cm³/mol. The van der Waals surface area contributed by atoms with Crippen molar-refractivity contribution < 1.29 is 18.8 Å². The van der Waals surface area contributed by atoms with Gasteiger partial charge < -0.3 is 4.74 Å². The van der Waals surface area contributed by atoms with Gasteiger partial charge in [-0.2, -0.15) is 4.39 Å². The summed E-state index contributed by atoms with van der Waals surface area (Å²) in [4.78, 5) is 20.5. The van der Waals surface area contributed by atoms with Gasteiger partial charge in [-0.25, -0.2) is 4.79 Å². The van der Waals surface area contributed by atoms with Gasteiger partial charge in [0, 0.05) is 17.6 Å². The molecule has 88 valence electrons. The van der Waals surface area contributed by atoms with Gasteiger partial charge in [0.15, 0.2) is 0 Å². The van der Waals surface area contributed by atoms with E-state index in [-0.39, 0.29) is 12.2 Å². The molecule has 6 heteroatoms. The monoisotopic (exact) mass is 237 g/mol. The molecule has 0 saturated carbocycles. The number of hydrogen-bond donors (Lipinski definition) is 0. The minimum atomic E-state index is -0.948. The molecule has 0 fully saturated rings. The van der Waals surface area contributed by atoms with Crippen molar-refractivity contribution in [2.75, 3.05) is 6.61 Å². The number of benzene rings is 1.